The number of rotatable bonds is 6. The average molecular weight is 326 g/mol. The Kier molecular flexibility index (Phi) is 4.31. The van der Waals surface area contributed by atoms with Gasteiger partial charge in [-0.2, -0.15) is 0 Å². The molecule has 0 saturated heterocycles. The fourth-order valence-electron chi connectivity index (χ4n) is 2.36. The average Bonchev–Trinajstić information content (AvgIpc) is 3.08. The molecule has 104 valence electrons. The SMILES string of the molecule is CC(C)(CNCC1CC1C(=O)O)c1cccc(Br)c1. The van der Waals surface area contributed by atoms with E-state index in [9.17, 15) is 4.79 Å². The third-order valence-corrected chi connectivity index (χ3v) is 4.31. The maximum Gasteiger partial charge on any atom is 0.306 e. The lowest BCUT2D eigenvalue weighted by molar-refractivity contribution is -0.138. The van der Waals surface area contributed by atoms with E-state index in [1.807, 2.05) is 12.1 Å². The summed E-state index contributed by atoms with van der Waals surface area (Å²) in [6.07, 6.45) is 0.819. The van der Waals surface area contributed by atoms with E-state index < -0.39 is 5.97 Å². The first kappa shape index (κ1) is 14.5. The predicted molar refractivity (Wildman–Crippen MR) is 79.3 cm³/mol. The Hall–Kier alpha value is -0.870. The minimum atomic E-state index is -0.655. The first-order valence-corrected chi connectivity index (χ1v) is 7.39. The zero-order valence-electron chi connectivity index (χ0n) is 11.3. The Bertz CT molecular complexity index is 473. The second kappa shape index (κ2) is 5.63. The summed E-state index contributed by atoms with van der Waals surface area (Å²) >= 11 is 3.49. The largest absolute Gasteiger partial charge is 0.481 e. The Balaban J connectivity index is 1.83. The lowest BCUT2D eigenvalue weighted by Gasteiger charge is -2.26. The summed E-state index contributed by atoms with van der Waals surface area (Å²) in [6, 6.07) is 8.33. The number of hydrogen-bond acceptors (Lipinski definition) is 2. The van der Waals surface area contributed by atoms with E-state index in [-0.39, 0.29) is 11.3 Å². The predicted octanol–water partition coefficient (Wildman–Crippen LogP) is 3.04. The molecule has 2 rings (SSSR count). The maximum atomic E-state index is 10.8. The summed E-state index contributed by atoms with van der Waals surface area (Å²) in [5.74, 6) is -0.463. The molecule has 0 amide bonds. The zero-order chi connectivity index (χ0) is 14.0. The van der Waals surface area contributed by atoms with Gasteiger partial charge in [0.25, 0.3) is 0 Å². The Morgan fingerprint density at radius 2 is 2.26 bits per heavy atom. The maximum absolute atomic E-state index is 10.8. The monoisotopic (exact) mass is 325 g/mol. The molecule has 0 bridgehead atoms. The molecular weight excluding hydrogens is 306 g/mol. The molecule has 1 saturated carbocycles. The van der Waals surface area contributed by atoms with Crippen LogP contribution in [0.15, 0.2) is 28.7 Å². The number of nitrogens with one attached hydrogen (secondary N) is 1. The first-order chi connectivity index (χ1) is 8.90. The van der Waals surface area contributed by atoms with Crippen molar-refractivity contribution in [2.45, 2.75) is 25.7 Å². The molecule has 1 aliphatic carbocycles. The Morgan fingerprint density at radius 3 is 2.84 bits per heavy atom. The molecule has 3 nitrogen and oxygen atoms in total. The summed E-state index contributed by atoms with van der Waals surface area (Å²) in [5, 5.41) is 12.3. The third kappa shape index (κ3) is 3.80. The van der Waals surface area contributed by atoms with E-state index in [4.69, 9.17) is 5.11 Å². The highest BCUT2D eigenvalue weighted by atomic mass is 79.9. The van der Waals surface area contributed by atoms with Crippen molar-refractivity contribution >= 4 is 21.9 Å². The molecule has 1 fully saturated rings. The fraction of sp³-hybridized carbons (Fsp3) is 0.533. The quantitative estimate of drug-likeness (QED) is 0.845. The van der Waals surface area contributed by atoms with Gasteiger partial charge in [0, 0.05) is 16.4 Å². The van der Waals surface area contributed by atoms with E-state index in [1.54, 1.807) is 0 Å². The Morgan fingerprint density at radius 1 is 1.53 bits per heavy atom. The normalized spacial score (nSPS) is 22.3. The number of benzene rings is 1. The van der Waals surface area contributed by atoms with Crippen LogP contribution in [0.2, 0.25) is 0 Å². The van der Waals surface area contributed by atoms with Crippen molar-refractivity contribution in [3.05, 3.63) is 34.3 Å². The van der Waals surface area contributed by atoms with Crippen molar-refractivity contribution in [2.24, 2.45) is 11.8 Å². The van der Waals surface area contributed by atoms with Crippen LogP contribution in [0.4, 0.5) is 0 Å². The fourth-order valence-corrected chi connectivity index (χ4v) is 2.76. The third-order valence-electron chi connectivity index (χ3n) is 3.82. The summed E-state index contributed by atoms with van der Waals surface area (Å²) in [5.41, 5.74) is 1.32. The smallest absolute Gasteiger partial charge is 0.306 e. The van der Waals surface area contributed by atoms with Crippen LogP contribution in [0.3, 0.4) is 0 Å². The van der Waals surface area contributed by atoms with E-state index in [0.29, 0.717) is 5.92 Å². The van der Waals surface area contributed by atoms with E-state index in [2.05, 4.69) is 47.2 Å². The molecule has 4 heteroatoms. The molecule has 2 unspecified atom stereocenters. The van der Waals surface area contributed by atoms with Gasteiger partial charge in [-0.15, -0.1) is 0 Å². The van der Waals surface area contributed by atoms with Crippen LogP contribution >= 0.6 is 15.9 Å². The minimum absolute atomic E-state index is 0.0391. The number of aliphatic carboxylic acids is 1. The van der Waals surface area contributed by atoms with Gasteiger partial charge in [-0.1, -0.05) is 41.9 Å². The van der Waals surface area contributed by atoms with Gasteiger partial charge in [0.05, 0.1) is 5.92 Å². The van der Waals surface area contributed by atoms with Gasteiger partial charge in [-0.3, -0.25) is 4.79 Å². The molecule has 2 atom stereocenters. The van der Waals surface area contributed by atoms with Gasteiger partial charge in [0.1, 0.15) is 0 Å². The molecule has 0 radical (unpaired) electrons. The molecule has 0 aromatic heterocycles. The second-order valence-electron chi connectivity index (χ2n) is 5.97. The molecular formula is C15H20BrNO2. The molecule has 2 N–H and O–H groups in total. The van der Waals surface area contributed by atoms with E-state index >= 15 is 0 Å². The topological polar surface area (TPSA) is 49.3 Å². The molecule has 1 aromatic rings. The van der Waals surface area contributed by atoms with Crippen molar-refractivity contribution < 1.29 is 9.90 Å². The van der Waals surface area contributed by atoms with Crippen molar-refractivity contribution in [3.63, 3.8) is 0 Å². The van der Waals surface area contributed by atoms with E-state index in [1.165, 1.54) is 5.56 Å². The van der Waals surface area contributed by atoms with Crippen LogP contribution in [-0.2, 0) is 10.2 Å². The first-order valence-electron chi connectivity index (χ1n) is 6.60. The number of hydrogen-bond donors (Lipinski definition) is 2. The molecule has 0 spiro atoms. The van der Waals surface area contributed by atoms with Crippen molar-refractivity contribution in [1.82, 2.24) is 5.32 Å². The van der Waals surface area contributed by atoms with E-state index in [0.717, 1.165) is 24.0 Å². The lowest BCUT2D eigenvalue weighted by atomic mass is 9.84. The zero-order valence-corrected chi connectivity index (χ0v) is 12.9. The minimum Gasteiger partial charge on any atom is -0.481 e. The lowest BCUT2D eigenvalue weighted by Crippen LogP contribution is -2.34. The number of carboxylic acids is 1. The van der Waals surface area contributed by atoms with Crippen molar-refractivity contribution in [3.8, 4) is 0 Å². The Labute approximate surface area is 122 Å². The molecule has 0 heterocycles. The summed E-state index contributed by atoms with van der Waals surface area (Å²) in [7, 11) is 0. The molecule has 1 aliphatic rings. The van der Waals surface area contributed by atoms with Gasteiger partial charge in [0.2, 0.25) is 0 Å². The molecule has 1 aromatic carbocycles. The van der Waals surface area contributed by atoms with Crippen LogP contribution in [0.25, 0.3) is 0 Å². The molecule has 19 heavy (non-hydrogen) atoms. The van der Waals surface area contributed by atoms with Crippen LogP contribution < -0.4 is 5.32 Å². The summed E-state index contributed by atoms with van der Waals surface area (Å²) < 4.78 is 1.09. The molecule has 0 aliphatic heterocycles. The van der Waals surface area contributed by atoms with Crippen LogP contribution in [0, 0.1) is 11.8 Å². The highest BCUT2D eigenvalue weighted by Crippen LogP contribution is 2.38. The van der Waals surface area contributed by atoms with Crippen LogP contribution in [-0.4, -0.2) is 24.2 Å². The van der Waals surface area contributed by atoms with Gasteiger partial charge in [-0.25, -0.2) is 0 Å². The standard InChI is InChI=1S/C15H20BrNO2/c1-15(2,11-4-3-5-12(16)7-11)9-17-8-10-6-13(10)14(18)19/h3-5,7,10,13,17H,6,8-9H2,1-2H3,(H,18,19). The number of halogens is 1. The van der Waals surface area contributed by atoms with Gasteiger partial charge in [0.15, 0.2) is 0 Å². The van der Waals surface area contributed by atoms with Crippen molar-refractivity contribution in [1.29, 1.82) is 0 Å². The highest BCUT2D eigenvalue weighted by molar-refractivity contribution is 9.10. The van der Waals surface area contributed by atoms with Crippen LogP contribution in [0.1, 0.15) is 25.8 Å². The highest BCUT2D eigenvalue weighted by Gasteiger charge is 2.42. The van der Waals surface area contributed by atoms with Crippen LogP contribution in [0.5, 0.6) is 0 Å². The van der Waals surface area contributed by atoms with Gasteiger partial charge in [-0.05, 0) is 36.6 Å². The summed E-state index contributed by atoms with van der Waals surface area (Å²) in [4.78, 5) is 10.8. The number of carboxylic acid groups (broad SMARTS) is 1. The second-order valence-corrected chi connectivity index (χ2v) is 6.88. The number of carbonyl (C=O) groups is 1. The van der Waals surface area contributed by atoms with Gasteiger partial charge < -0.3 is 10.4 Å². The van der Waals surface area contributed by atoms with Crippen molar-refractivity contribution in [2.75, 3.05) is 13.1 Å². The summed E-state index contributed by atoms with van der Waals surface area (Å²) in [6.45, 7) is 6.05. The van der Waals surface area contributed by atoms with Gasteiger partial charge >= 0.3 is 5.97 Å².